The van der Waals surface area contributed by atoms with Crippen molar-refractivity contribution < 1.29 is 28.6 Å². The molecule has 0 N–H and O–H groups in total. The van der Waals surface area contributed by atoms with Crippen molar-refractivity contribution in [3.05, 3.63) is 60.8 Å². The van der Waals surface area contributed by atoms with Crippen LogP contribution in [-0.4, -0.2) is 37.2 Å². The molecule has 0 rings (SSSR count). The van der Waals surface area contributed by atoms with Crippen molar-refractivity contribution in [1.29, 1.82) is 0 Å². The fourth-order valence-electron chi connectivity index (χ4n) is 7.85. The van der Waals surface area contributed by atoms with E-state index in [0.29, 0.717) is 19.3 Å². The quantitative estimate of drug-likeness (QED) is 0.0262. The highest BCUT2D eigenvalue weighted by Gasteiger charge is 2.19. The largest absolute Gasteiger partial charge is 0.462 e. The normalized spacial score (nSPS) is 12.5. The van der Waals surface area contributed by atoms with Crippen LogP contribution in [0.1, 0.15) is 278 Å². The van der Waals surface area contributed by atoms with E-state index in [1.54, 1.807) is 0 Å². The van der Waals surface area contributed by atoms with E-state index in [4.69, 9.17) is 14.2 Å². The Kier molecular flexibility index (Phi) is 51.3. The average Bonchev–Trinajstić information content (AvgIpc) is 3.30. The molecular formula is C59H104O6. The second-order valence-electron chi connectivity index (χ2n) is 18.5. The Morgan fingerprint density at radius 2 is 0.631 bits per heavy atom. The molecule has 1 atom stereocenters. The van der Waals surface area contributed by atoms with Crippen LogP contribution in [0.15, 0.2) is 60.8 Å². The van der Waals surface area contributed by atoms with Crippen molar-refractivity contribution in [2.45, 2.75) is 284 Å². The summed E-state index contributed by atoms with van der Waals surface area (Å²) in [6.07, 6.45) is 66.4. The van der Waals surface area contributed by atoms with E-state index < -0.39 is 6.10 Å². The van der Waals surface area contributed by atoms with E-state index in [0.717, 1.165) is 103 Å². The molecule has 0 aliphatic carbocycles. The summed E-state index contributed by atoms with van der Waals surface area (Å²) in [4.78, 5) is 38.0. The van der Waals surface area contributed by atoms with Crippen LogP contribution in [0.25, 0.3) is 0 Å². The third-order valence-corrected chi connectivity index (χ3v) is 12.0. The minimum Gasteiger partial charge on any atom is -0.462 e. The number of allylic oxidation sites excluding steroid dienone is 10. The zero-order valence-electron chi connectivity index (χ0n) is 43.0. The predicted octanol–water partition coefficient (Wildman–Crippen LogP) is 18.4. The van der Waals surface area contributed by atoms with E-state index >= 15 is 0 Å². The van der Waals surface area contributed by atoms with E-state index in [1.165, 1.54) is 135 Å². The number of hydrogen-bond acceptors (Lipinski definition) is 6. The van der Waals surface area contributed by atoms with Crippen molar-refractivity contribution in [1.82, 2.24) is 0 Å². The third-order valence-electron chi connectivity index (χ3n) is 12.0. The Bertz CT molecular complexity index is 1180. The molecule has 0 radical (unpaired) electrons. The molecule has 0 heterocycles. The highest BCUT2D eigenvalue weighted by atomic mass is 16.6. The first-order valence-corrected chi connectivity index (χ1v) is 27.8. The number of ether oxygens (including phenoxy) is 3. The van der Waals surface area contributed by atoms with Gasteiger partial charge >= 0.3 is 17.9 Å². The first-order chi connectivity index (χ1) is 32.0. The van der Waals surface area contributed by atoms with Gasteiger partial charge in [-0.1, -0.05) is 242 Å². The maximum Gasteiger partial charge on any atom is 0.306 e. The number of unbranched alkanes of at least 4 members (excludes halogenated alkanes) is 29. The molecule has 0 aromatic heterocycles. The third kappa shape index (κ3) is 51.9. The SMILES string of the molecule is CC/C=C\C/C=C\C/C=C\C/C=C\CCCCCCCCCCC(=O)OCC(COC(=O)CCCCCCC/C=C\CCC)OC(=O)CCCCCCCCCCCCCCCCCC. The fraction of sp³-hybridized carbons (Fsp3) is 0.780. The summed E-state index contributed by atoms with van der Waals surface area (Å²) >= 11 is 0. The molecule has 6 heteroatoms. The van der Waals surface area contributed by atoms with Gasteiger partial charge in [0.2, 0.25) is 0 Å². The van der Waals surface area contributed by atoms with Gasteiger partial charge in [0.25, 0.3) is 0 Å². The molecule has 0 saturated heterocycles. The zero-order valence-corrected chi connectivity index (χ0v) is 43.0. The smallest absolute Gasteiger partial charge is 0.306 e. The topological polar surface area (TPSA) is 78.9 Å². The van der Waals surface area contributed by atoms with Gasteiger partial charge in [0, 0.05) is 19.3 Å². The number of esters is 3. The Morgan fingerprint density at radius 1 is 0.323 bits per heavy atom. The summed E-state index contributed by atoms with van der Waals surface area (Å²) in [5.41, 5.74) is 0. The molecule has 65 heavy (non-hydrogen) atoms. The molecule has 0 aromatic rings. The van der Waals surface area contributed by atoms with Crippen molar-refractivity contribution in [3.63, 3.8) is 0 Å². The van der Waals surface area contributed by atoms with Gasteiger partial charge < -0.3 is 14.2 Å². The summed E-state index contributed by atoms with van der Waals surface area (Å²) < 4.78 is 16.8. The molecule has 0 aliphatic heterocycles. The van der Waals surface area contributed by atoms with Gasteiger partial charge in [-0.2, -0.15) is 0 Å². The first-order valence-electron chi connectivity index (χ1n) is 27.8. The van der Waals surface area contributed by atoms with Crippen molar-refractivity contribution in [3.8, 4) is 0 Å². The maximum atomic E-state index is 12.8. The summed E-state index contributed by atoms with van der Waals surface area (Å²) in [7, 11) is 0. The molecule has 0 fully saturated rings. The van der Waals surface area contributed by atoms with E-state index in [2.05, 4.69) is 81.5 Å². The van der Waals surface area contributed by atoms with E-state index in [-0.39, 0.29) is 31.1 Å². The number of hydrogen-bond donors (Lipinski definition) is 0. The zero-order chi connectivity index (χ0) is 47.2. The van der Waals surface area contributed by atoms with Crippen LogP contribution < -0.4 is 0 Å². The van der Waals surface area contributed by atoms with Crippen molar-refractivity contribution in [2.75, 3.05) is 13.2 Å². The van der Waals surface area contributed by atoms with Crippen LogP contribution in [0.3, 0.4) is 0 Å². The molecule has 0 saturated carbocycles. The Hall–Kier alpha value is -2.89. The second kappa shape index (κ2) is 53.7. The lowest BCUT2D eigenvalue weighted by molar-refractivity contribution is -0.167. The van der Waals surface area contributed by atoms with Gasteiger partial charge in [0.15, 0.2) is 6.10 Å². The Morgan fingerprint density at radius 3 is 1.02 bits per heavy atom. The van der Waals surface area contributed by atoms with Gasteiger partial charge in [0.1, 0.15) is 13.2 Å². The van der Waals surface area contributed by atoms with Crippen LogP contribution in [0.4, 0.5) is 0 Å². The molecular weight excluding hydrogens is 805 g/mol. The lowest BCUT2D eigenvalue weighted by atomic mass is 10.0. The van der Waals surface area contributed by atoms with E-state index in [1.807, 2.05) is 0 Å². The summed E-state index contributed by atoms with van der Waals surface area (Å²) in [6.45, 7) is 6.47. The highest BCUT2D eigenvalue weighted by Crippen LogP contribution is 2.16. The molecule has 0 spiro atoms. The standard InChI is InChI=1S/C59H104O6/c1-4-7-10-13-16-19-22-24-26-28-29-30-31-32-34-35-37-40-43-46-49-52-58(61)64-55-56(54-63-57(60)51-48-45-42-39-21-18-15-12-9-6-3)65-59(62)53-50-47-44-41-38-36-33-27-25-23-20-17-14-11-8-5-2/h7,10,12,15-16,19,24,26,29-30,56H,4-6,8-9,11,13-14,17-18,20-23,25,27-28,31-55H2,1-3H3/b10-7-,15-12-,19-16-,26-24-,30-29-. The minimum absolute atomic E-state index is 0.0789. The maximum absolute atomic E-state index is 12.8. The molecule has 1 unspecified atom stereocenters. The minimum atomic E-state index is -0.778. The van der Waals surface area contributed by atoms with Gasteiger partial charge in [-0.05, 0) is 77.0 Å². The highest BCUT2D eigenvalue weighted by molar-refractivity contribution is 5.71. The predicted molar refractivity (Wildman–Crippen MR) is 279 cm³/mol. The number of rotatable bonds is 50. The lowest BCUT2D eigenvalue weighted by Crippen LogP contribution is -2.30. The molecule has 0 aliphatic rings. The van der Waals surface area contributed by atoms with Crippen LogP contribution in [0.2, 0.25) is 0 Å². The van der Waals surface area contributed by atoms with Crippen LogP contribution in [-0.2, 0) is 28.6 Å². The molecule has 0 aromatic carbocycles. The van der Waals surface area contributed by atoms with Gasteiger partial charge in [-0.25, -0.2) is 0 Å². The number of carbonyl (C=O) groups is 3. The lowest BCUT2D eigenvalue weighted by Gasteiger charge is -2.18. The Balaban J connectivity index is 4.30. The molecule has 6 nitrogen and oxygen atoms in total. The van der Waals surface area contributed by atoms with Gasteiger partial charge in [-0.15, -0.1) is 0 Å². The van der Waals surface area contributed by atoms with Gasteiger partial charge in [0.05, 0.1) is 0 Å². The summed E-state index contributed by atoms with van der Waals surface area (Å²) in [5.74, 6) is -0.887. The number of carbonyl (C=O) groups excluding carboxylic acids is 3. The summed E-state index contributed by atoms with van der Waals surface area (Å²) in [6, 6.07) is 0. The van der Waals surface area contributed by atoms with Crippen molar-refractivity contribution >= 4 is 17.9 Å². The molecule has 376 valence electrons. The monoisotopic (exact) mass is 909 g/mol. The van der Waals surface area contributed by atoms with Crippen molar-refractivity contribution in [2.24, 2.45) is 0 Å². The van der Waals surface area contributed by atoms with E-state index in [9.17, 15) is 14.4 Å². The second-order valence-corrected chi connectivity index (χ2v) is 18.5. The van der Waals surface area contributed by atoms with Crippen LogP contribution >= 0.6 is 0 Å². The van der Waals surface area contributed by atoms with Crippen LogP contribution in [0, 0.1) is 0 Å². The molecule has 0 bridgehead atoms. The van der Waals surface area contributed by atoms with Crippen LogP contribution in [0.5, 0.6) is 0 Å². The Labute approximate surface area is 402 Å². The first kappa shape index (κ1) is 62.1. The molecule has 0 amide bonds. The van der Waals surface area contributed by atoms with Gasteiger partial charge in [-0.3, -0.25) is 14.4 Å². The summed E-state index contributed by atoms with van der Waals surface area (Å²) in [5, 5.41) is 0. The average molecular weight is 909 g/mol. The fourth-order valence-corrected chi connectivity index (χ4v) is 7.85.